The molecule has 1 aliphatic heterocycles. The molecule has 0 spiro atoms. The van der Waals surface area contributed by atoms with Crippen LogP contribution in [-0.4, -0.2) is 36.9 Å². The van der Waals surface area contributed by atoms with Gasteiger partial charge in [-0.15, -0.1) is 0 Å². The third-order valence-corrected chi connectivity index (χ3v) is 5.99. The van der Waals surface area contributed by atoms with Gasteiger partial charge in [-0.05, 0) is 37.5 Å². The van der Waals surface area contributed by atoms with Crippen molar-refractivity contribution in [3.05, 3.63) is 28.3 Å². The van der Waals surface area contributed by atoms with Crippen LogP contribution in [0.4, 0.5) is 0 Å². The Kier molecular flexibility index (Phi) is 4.75. The summed E-state index contributed by atoms with van der Waals surface area (Å²) in [5, 5.41) is 18.2. The van der Waals surface area contributed by atoms with E-state index in [1.165, 1.54) is 17.3 Å². The van der Waals surface area contributed by atoms with E-state index in [-0.39, 0.29) is 27.9 Å². The van der Waals surface area contributed by atoms with Crippen LogP contribution in [0.3, 0.4) is 0 Å². The Morgan fingerprint density at radius 2 is 2.18 bits per heavy atom. The zero-order valence-corrected chi connectivity index (χ0v) is 13.5. The highest BCUT2D eigenvalue weighted by molar-refractivity contribution is 7.89. The van der Waals surface area contributed by atoms with Gasteiger partial charge in [-0.1, -0.05) is 11.6 Å². The Morgan fingerprint density at radius 3 is 2.77 bits per heavy atom. The van der Waals surface area contributed by atoms with Crippen LogP contribution in [0, 0.1) is 24.2 Å². The summed E-state index contributed by atoms with van der Waals surface area (Å²) >= 11 is 5.97. The quantitative estimate of drug-likeness (QED) is 0.908. The fourth-order valence-electron chi connectivity index (χ4n) is 2.44. The maximum atomic E-state index is 12.7. The molecule has 118 valence electrons. The lowest BCUT2D eigenvalue weighted by molar-refractivity contribution is 0.0696. The highest BCUT2D eigenvalue weighted by Crippen LogP contribution is 2.28. The van der Waals surface area contributed by atoms with Crippen LogP contribution in [-0.2, 0) is 10.0 Å². The van der Waals surface area contributed by atoms with Gasteiger partial charge in [0.05, 0.1) is 22.4 Å². The maximum Gasteiger partial charge on any atom is 0.336 e. The minimum Gasteiger partial charge on any atom is -0.478 e. The molecule has 0 amide bonds. The first-order valence-electron chi connectivity index (χ1n) is 6.70. The molecule has 1 saturated heterocycles. The van der Waals surface area contributed by atoms with E-state index in [1.807, 2.05) is 0 Å². The van der Waals surface area contributed by atoms with Crippen molar-refractivity contribution in [2.45, 2.75) is 24.7 Å². The molecule has 1 heterocycles. The van der Waals surface area contributed by atoms with Crippen LogP contribution in [0.2, 0.25) is 5.02 Å². The number of rotatable bonds is 3. The number of nitriles is 1. The lowest BCUT2D eigenvalue weighted by Crippen LogP contribution is -2.39. The van der Waals surface area contributed by atoms with Gasteiger partial charge < -0.3 is 5.11 Å². The minimum atomic E-state index is -3.87. The zero-order chi connectivity index (χ0) is 16.5. The van der Waals surface area contributed by atoms with Gasteiger partial charge in [0.1, 0.15) is 0 Å². The Bertz CT molecular complexity index is 755. The Morgan fingerprint density at radius 1 is 1.50 bits per heavy atom. The number of benzene rings is 1. The molecule has 0 bridgehead atoms. The van der Waals surface area contributed by atoms with Gasteiger partial charge in [-0.3, -0.25) is 0 Å². The first-order chi connectivity index (χ1) is 10.3. The normalized spacial score (nSPS) is 19.6. The van der Waals surface area contributed by atoms with E-state index in [0.29, 0.717) is 24.9 Å². The van der Waals surface area contributed by atoms with E-state index in [9.17, 15) is 13.2 Å². The molecule has 1 atom stereocenters. The fraction of sp³-hybridized carbons (Fsp3) is 0.429. The lowest BCUT2D eigenvalue weighted by atomic mass is 10.0. The van der Waals surface area contributed by atoms with Crippen LogP contribution in [0.15, 0.2) is 17.0 Å². The lowest BCUT2D eigenvalue weighted by Gasteiger charge is -2.29. The Balaban J connectivity index is 2.46. The maximum absolute atomic E-state index is 12.7. The van der Waals surface area contributed by atoms with Crippen LogP contribution in [0.5, 0.6) is 0 Å². The van der Waals surface area contributed by atoms with Crippen molar-refractivity contribution in [1.82, 2.24) is 4.31 Å². The van der Waals surface area contributed by atoms with Gasteiger partial charge in [-0.25, -0.2) is 13.2 Å². The molecule has 0 aromatic heterocycles. The highest BCUT2D eigenvalue weighted by atomic mass is 35.5. The summed E-state index contributed by atoms with van der Waals surface area (Å²) in [5.41, 5.74) is 0.182. The van der Waals surface area contributed by atoms with E-state index in [1.54, 1.807) is 0 Å². The molecule has 22 heavy (non-hydrogen) atoms. The molecule has 0 saturated carbocycles. The topological polar surface area (TPSA) is 98.5 Å². The van der Waals surface area contributed by atoms with E-state index >= 15 is 0 Å². The number of sulfonamides is 1. The molecule has 0 aliphatic carbocycles. The average Bonchev–Trinajstić information content (AvgIpc) is 2.49. The molecule has 6 nitrogen and oxygen atoms in total. The standard InChI is InChI=1S/C14H15ClN2O4S/c1-9-12(14(18)19)5-11(6-13(9)15)22(20,21)17-4-2-3-10(7-16)8-17/h5-6,10H,2-4,8H2,1H3,(H,18,19). The average molecular weight is 343 g/mol. The van der Waals surface area contributed by atoms with Gasteiger partial charge >= 0.3 is 5.97 Å². The van der Waals surface area contributed by atoms with E-state index in [4.69, 9.17) is 22.0 Å². The number of nitrogens with zero attached hydrogens (tertiary/aromatic N) is 2. The summed E-state index contributed by atoms with van der Waals surface area (Å²) in [6, 6.07) is 4.46. The highest BCUT2D eigenvalue weighted by Gasteiger charge is 2.31. The molecule has 0 radical (unpaired) electrons. The smallest absolute Gasteiger partial charge is 0.336 e. The van der Waals surface area contributed by atoms with Crippen LogP contribution in [0.1, 0.15) is 28.8 Å². The predicted octanol–water partition coefficient (Wildman–Crippen LogP) is 2.27. The van der Waals surface area contributed by atoms with Gasteiger partial charge in [-0.2, -0.15) is 9.57 Å². The zero-order valence-electron chi connectivity index (χ0n) is 11.9. The number of aromatic carboxylic acids is 1. The van der Waals surface area contributed by atoms with Crippen molar-refractivity contribution in [3.8, 4) is 6.07 Å². The first kappa shape index (κ1) is 16.7. The van der Waals surface area contributed by atoms with Crippen molar-refractivity contribution in [2.24, 2.45) is 5.92 Å². The van der Waals surface area contributed by atoms with Gasteiger partial charge in [0, 0.05) is 18.1 Å². The number of halogens is 1. The number of carboxylic acids is 1. The summed E-state index contributed by atoms with van der Waals surface area (Å²) in [6.45, 7) is 1.95. The summed E-state index contributed by atoms with van der Waals surface area (Å²) < 4.78 is 26.5. The number of hydrogen-bond acceptors (Lipinski definition) is 4. The summed E-state index contributed by atoms with van der Waals surface area (Å²) in [6.07, 6.45) is 1.26. The van der Waals surface area contributed by atoms with E-state index in [2.05, 4.69) is 6.07 Å². The largest absolute Gasteiger partial charge is 0.478 e. The summed E-state index contributed by atoms with van der Waals surface area (Å²) in [7, 11) is -3.87. The number of carbonyl (C=O) groups is 1. The SMILES string of the molecule is Cc1c(Cl)cc(S(=O)(=O)N2CCCC(C#N)C2)cc1C(=O)O. The predicted molar refractivity (Wildman–Crippen MR) is 80.2 cm³/mol. The fourth-order valence-corrected chi connectivity index (χ4v) is 4.30. The molecule has 1 unspecified atom stereocenters. The first-order valence-corrected chi connectivity index (χ1v) is 8.52. The Labute approximate surface area is 134 Å². The molecule has 1 fully saturated rings. The van der Waals surface area contributed by atoms with Gasteiger partial charge in [0.25, 0.3) is 0 Å². The molecule has 1 aromatic rings. The van der Waals surface area contributed by atoms with Crippen molar-refractivity contribution >= 4 is 27.6 Å². The molecule has 1 aliphatic rings. The molecule has 2 rings (SSSR count). The second-order valence-electron chi connectivity index (χ2n) is 5.21. The third-order valence-electron chi connectivity index (χ3n) is 3.75. The van der Waals surface area contributed by atoms with Crippen LogP contribution >= 0.6 is 11.6 Å². The van der Waals surface area contributed by atoms with Crippen LogP contribution in [0.25, 0.3) is 0 Å². The molecule has 8 heteroatoms. The van der Waals surface area contributed by atoms with Crippen molar-refractivity contribution < 1.29 is 18.3 Å². The van der Waals surface area contributed by atoms with Crippen LogP contribution < -0.4 is 0 Å². The van der Waals surface area contributed by atoms with E-state index in [0.717, 1.165) is 6.07 Å². The molecule has 1 aromatic carbocycles. The Hall–Kier alpha value is -1.62. The monoisotopic (exact) mass is 342 g/mol. The third kappa shape index (κ3) is 3.09. The van der Waals surface area contributed by atoms with Crippen molar-refractivity contribution in [3.63, 3.8) is 0 Å². The summed E-state index contributed by atoms with van der Waals surface area (Å²) in [5.74, 6) is -1.58. The number of piperidine rings is 1. The van der Waals surface area contributed by atoms with E-state index < -0.39 is 16.0 Å². The van der Waals surface area contributed by atoms with Gasteiger partial charge in [0.15, 0.2) is 0 Å². The van der Waals surface area contributed by atoms with Crippen molar-refractivity contribution in [1.29, 1.82) is 5.26 Å². The second-order valence-corrected chi connectivity index (χ2v) is 7.56. The molecular weight excluding hydrogens is 328 g/mol. The van der Waals surface area contributed by atoms with Gasteiger partial charge in [0.2, 0.25) is 10.0 Å². The molecular formula is C14H15ClN2O4S. The summed E-state index contributed by atoms with van der Waals surface area (Å²) in [4.78, 5) is 11.1. The minimum absolute atomic E-state index is 0.0901. The van der Waals surface area contributed by atoms with Crippen molar-refractivity contribution in [2.75, 3.05) is 13.1 Å². The second kappa shape index (κ2) is 6.24. The number of hydrogen-bond donors (Lipinski definition) is 1. The molecule has 1 N–H and O–H groups in total. The number of carboxylic acid groups (broad SMARTS) is 1.